The van der Waals surface area contributed by atoms with Crippen LogP contribution in [0.4, 0.5) is 21.9 Å². The van der Waals surface area contributed by atoms with E-state index in [1.165, 1.54) is 24.3 Å². The van der Waals surface area contributed by atoms with Crippen molar-refractivity contribution in [3.8, 4) is 5.75 Å². The number of hydrogen-bond donors (Lipinski definition) is 3. The predicted octanol–water partition coefficient (Wildman–Crippen LogP) is 3.44. The minimum absolute atomic E-state index is 0.000731. The van der Waals surface area contributed by atoms with Gasteiger partial charge in [0.2, 0.25) is 5.96 Å². The van der Waals surface area contributed by atoms with Crippen LogP contribution in [0.5, 0.6) is 5.75 Å². The number of hydrazone groups is 1. The Balaban J connectivity index is 1.74. The van der Waals surface area contributed by atoms with E-state index >= 15 is 0 Å². The molecular formula is C17H16Cl2N6O4-2. The Morgan fingerprint density at radius 1 is 1.10 bits per heavy atom. The van der Waals surface area contributed by atoms with E-state index < -0.39 is 12.0 Å². The largest absolute Gasteiger partial charge is 0.752 e. The number of rotatable bonds is 5. The summed E-state index contributed by atoms with van der Waals surface area (Å²) in [5, 5.41) is 33.9. The summed E-state index contributed by atoms with van der Waals surface area (Å²) in [5.41, 5.74) is 5.66. The van der Waals surface area contributed by atoms with Gasteiger partial charge in [0, 0.05) is 10.0 Å². The summed E-state index contributed by atoms with van der Waals surface area (Å²) in [6, 6.07) is 7.94. The van der Waals surface area contributed by atoms with Crippen LogP contribution in [0, 0.1) is 10.4 Å². The molecule has 12 heteroatoms. The highest BCUT2D eigenvalue weighted by molar-refractivity contribution is 6.31. The highest BCUT2D eigenvalue weighted by atomic mass is 35.5. The molecule has 2 amide bonds. The molecule has 2 aromatic carbocycles. The summed E-state index contributed by atoms with van der Waals surface area (Å²) in [5.74, 6) is -0.162. The Morgan fingerprint density at radius 2 is 1.83 bits per heavy atom. The van der Waals surface area contributed by atoms with Crippen molar-refractivity contribution in [2.45, 2.75) is 6.42 Å². The third-order valence-electron chi connectivity index (χ3n) is 3.76. The van der Waals surface area contributed by atoms with Crippen LogP contribution in [0.25, 0.3) is 0 Å². The maximum absolute atomic E-state index is 12.5. The van der Waals surface area contributed by atoms with Crippen molar-refractivity contribution in [1.29, 1.82) is 0 Å². The van der Waals surface area contributed by atoms with Crippen LogP contribution in [0.15, 0.2) is 41.5 Å². The van der Waals surface area contributed by atoms with E-state index in [1.807, 2.05) is 0 Å². The predicted molar refractivity (Wildman–Crippen MR) is 113 cm³/mol. The van der Waals surface area contributed by atoms with Gasteiger partial charge in [-0.25, -0.2) is 4.79 Å². The van der Waals surface area contributed by atoms with Crippen LogP contribution in [0.1, 0.15) is 6.42 Å². The van der Waals surface area contributed by atoms with Crippen molar-refractivity contribution in [3.63, 3.8) is 0 Å². The molecule has 3 rings (SSSR count). The number of nitrogens with one attached hydrogen (secondary N) is 2. The van der Waals surface area contributed by atoms with Gasteiger partial charge >= 0.3 is 6.03 Å². The van der Waals surface area contributed by atoms with E-state index in [-0.39, 0.29) is 27.3 Å². The van der Waals surface area contributed by atoms with Gasteiger partial charge in [0.25, 0.3) is 0 Å². The molecule has 0 unspecified atom stereocenters. The number of nitrogens with zero attached hydrogens (tertiary/aromatic N) is 3. The number of nitrogens with two attached hydrogens (primary N) is 1. The molecule has 0 radical (unpaired) electrons. The topological polar surface area (TPSA) is 141 Å². The number of carbonyl (C=O) groups excluding carboxylic acids is 1. The highest BCUT2D eigenvalue weighted by Gasteiger charge is 2.19. The number of carbonyl (C=O) groups is 1. The van der Waals surface area contributed by atoms with E-state index in [0.717, 1.165) is 0 Å². The van der Waals surface area contributed by atoms with E-state index in [2.05, 4.69) is 15.7 Å². The van der Waals surface area contributed by atoms with E-state index in [4.69, 9.17) is 33.7 Å². The van der Waals surface area contributed by atoms with Gasteiger partial charge in [-0.3, -0.25) is 5.32 Å². The maximum atomic E-state index is 12.5. The van der Waals surface area contributed by atoms with Crippen molar-refractivity contribution < 1.29 is 9.53 Å². The Morgan fingerprint density at radius 3 is 2.59 bits per heavy atom. The summed E-state index contributed by atoms with van der Waals surface area (Å²) in [6.07, 6.45) is 0.623. The fraction of sp³-hybridized carbons (Fsp3) is 0.176. The van der Waals surface area contributed by atoms with Crippen molar-refractivity contribution in [2.24, 2.45) is 10.8 Å². The normalized spacial score (nSPS) is 12.9. The van der Waals surface area contributed by atoms with Gasteiger partial charge in [-0.1, -0.05) is 23.2 Å². The summed E-state index contributed by atoms with van der Waals surface area (Å²) in [4.78, 5) is 12.4. The third kappa shape index (κ3) is 5.00. The van der Waals surface area contributed by atoms with Crippen molar-refractivity contribution in [2.75, 3.05) is 28.7 Å². The number of hydroxylamine groups is 1. The Kier molecular flexibility index (Phi) is 6.62. The van der Waals surface area contributed by atoms with E-state index in [9.17, 15) is 15.2 Å². The molecule has 0 aliphatic carbocycles. The molecule has 0 spiro atoms. The third-order valence-corrected chi connectivity index (χ3v) is 4.23. The summed E-state index contributed by atoms with van der Waals surface area (Å²) in [6.45, 7) is 0.797. The number of anilines is 3. The number of ether oxygens (including phenoxy) is 1. The number of fused-ring (bicyclic) bond motifs is 1. The van der Waals surface area contributed by atoms with Crippen molar-refractivity contribution in [3.05, 3.63) is 56.9 Å². The molecular weight excluding hydrogens is 423 g/mol. The van der Waals surface area contributed by atoms with Gasteiger partial charge in [0.1, 0.15) is 5.75 Å². The zero-order valence-corrected chi connectivity index (χ0v) is 16.4. The number of benzene rings is 2. The molecule has 1 heterocycles. The Labute approximate surface area is 176 Å². The summed E-state index contributed by atoms with van der Waals surface area (Å²) >= 11 is 11.9. The minimum Gasteiger partial charge on any atom is -0.752 e. The zero-order valence-electron chi connectivity index (χ0n) is 14.9. The lowest BCUT2D eigenvalue weighted by molar-refractivity contribution is 0.255. The van der Waals surface area contributed by atoms with Gasteiger partial charge in [-0.05, 0) is 49.4 Å². The maximum Gasteiger partial charge on any atom is 0.326 e. The SMILES string of the molecule is NCCCOc1ccc(Cl)cc1NC(=O)NC1=NN([O-])c2ccc(Cl)cc2N1[O-]. The molecule has 0 saturated carbocycles. The molecule has 2 aromatic rings. The molecule has 1 aliphatic heterocycles. The first-order chi connectivity index (χ1) is 13.9. The number of hydrogen-bond acceptors (Lipinski definition) is 8. The highest BCUT2D eigenvalue weighted by Crippen LogP contribution is 2.34. The van der Waals surface area contributed by atoms with E-state index in [0.29, 0.717) is 35.4 Å². The lowest BCUT2D eigenvalue weighted by Crippen LogP contribution is -2.46. The van der Waals surface area contributed by atoms with Crippen molar-refractivity contribution in [1.82, 2.24) is 5.32 Å². The standard InChI is InChI=1S/C17H16Cl2N6O4/c18-10-3-5-15(29-7-1-6-20)12(8-10)21-17(26)22-16-23-25(28)13-4-2-11(19)9-14(13)24(16)27/h2-5,8-9H,1,6-7,20H2,(H2,21,22,23,26)/q-2. The first-order valence-corrected chi connectivity index (χ1v) is 9.17. The van der Waals surface area contributed by atoms with Crippen LogP contribution in [0.2, 0.25) is 10.0 Å². The van der Waals surface area contributed by atoms with Gasteiger partial charge < -0.3 is 36.4 Å². The molecule has 10 nitrogen and oxygen atoms in total. The number of urea groups is 1. The molecule has 0 aromatic heterocycles. The van der Waals surface area contributed by atoms with Gasteiger partial charge in [-0.2, -0.15) is 0 Å². The minimum atomic E-state index is -0.825. The van der Waals surface area contributed by atoms with Crippen LogP contribution in [-0.4, -0.2) is 25.1 Å². The zero-order chi connectivity index (χ0) is 21.0. The summed E-state index contributed by atoms with van der Waals surface area (Å²) in [7, 11) is 0. The smallest absolute Gasteiger partial charge is 0.326 e. The number of amides is 2. The second kappa shape index (κ2) is 9.16. The summed E-state index contributed by atoms with van der Waals surface area (Å²) < 4.78 is 5.56. The first-order valence-electron chi connectivity index (χ1n) is 8.42. The van der Waals surface area contributed by atoms with Crippen LogP contribution in [-0.2, 0) is 0 Å². The molecule has 0 bridgehead atoms. The molecule has 0 saturated heterocycles. The van der Waals surface area contributed by atoms with Gasteiger partial charge in [-0.15, -0.1) is 5.10 Å². The van der Waals surface area contributed by atoms with Crippen LogP contribution in [0.3, 0.4) is 0 Å². The second-order valence-electron chi connectivity index (χ2n) is 5.83. The average Bonchev–Trinajstić information content (AvgIpc) is 2.67. The molecule has 0 atom stereocenters. The molecule has 1 aliphatic rings. The number of guanidine groups is 1. The van der Waals surface area contributed by atoms with Crippen LogP contribution >= 0.6 is 23.2 Å². The average molecular weight is 439 g/mol. The lowest BCUT2D eigenvalue weighted by Gasteiger charge is -2.42. The fourth-order valence-corrected chi connectivity index (χ4v) is 2.78. The monoisotopic (exact) mass is 438 g/mol. The first kappa shape index (κ1) is 21.0. The number of halogens is 2. The van der Waals surface area contributed by atoms with Crippen LogP contribution < -0.4 is 31.3 Å². The second-order valence-corrected chi connectivity index (χ2v) is 6.71. The lowest BCUT2D eigenvalue weighted by atomic mass is 10.2. The Bertz CT molecular complexity index is 942. The Hall–Kier alpha value is -2.76. The molecule has 29 heavy (non-hydrogen) atoms. The quantitative estimate of drug-likeness (QED) is 0.606. The fourth-order valence-electron chi connectivity index (χ4n) is 2.44. The van der Waals surface area contributed by atoms with Crippen molar-refractivity contribution >= 4 is 52.3 Å². The van der Waals surface area contributed by atoms with E-state index in [1.54, 1.807) is 12.1 Å². The van der Waals surface area contributed by atoms with Gasteiger partial charge in [0.15, 0.2) is 0 Å². The molecule has 0 fully saturated rings. The molecule has 154 valence electrons. The van der Waals surface area contributed by atoms with Gasteiger partial charge in [0.05, 0.1) is 23.7 Å². The molecule has 4 N–H and O–H groups in total.